The molecule has 0 atom stereocenters. The van der Waals surface area contributed by atoms with Crippen LogP contribution < -0.4 is 15.4 Å². The number of carbonyl (C=O) groups excluding carboxylic acids is 2. The van der Waals surface area contributed by atoms with E-state index in [1.807, 2.05) is 43.3 Å². The van der Waals surface area contributed by atoms with Crippen molar-refractivity contribution in [3.05, 3.63) is 77.9 Å². The van der Waals surface area contributed by atoms with Crippen LogP contribution in [0, 0.1) is 11.3 Å². The van der Waals surface area contributed by atoms with Crippen molar-refractivity contribution in [2.75, 3.05) is 24.4 Å². The summed E-state index contributed by atoms with van der Waals surface area (Å²) in [4.78, 5) is 24.4. The van der Waals surface area contributed by atoms with E-state index in [1.54, 1.807) is 44.4 Å². The molecule has 3 aromatic carbocycles. The van der Waals surface area contributed by atoms with Crippen LogP contribution in [0.15, 0.2) is 66.7 Å². The van der Waals surface area contributed by atoms with E-state index in [0.717, 1.165) is 22.2 Å². The van der Waals surface area contributed by atoms with Crippen LogP contribution >= 0.6 is 0 Å². The molecule has 0 spiro atoms. The molecule has 0 radical (unpaired) electrons. The smallest absolute Gasteiger partial charge is 0.338 e. The number of nitrogens with zero attached hydrogens (tertiary/aromatic N) is 2. The molecule has 4 aromatic rings. The molecule has 0 aliphatic rings. The maximum absolute atomic E-state index is 12.6. The summed E-state index contributed by atoms with van der Waals surface area (Å²) >= 11 is 0. The van der Waals surface area contributed by atoms with Gasteiger partial charge in [0.2, 0.25) is 0 Å². The number of esters is 1. The van der Waals surface area contributed by atoms with Gasteiger partial charge in [-0.15, -0.1) is 0 Å². The standard InChI is InChI=1S/C28H26N4O4/c1-4-32-25-16-22(35-3)13-14-23(25)24(17-29)26(32)19-7-6-8-21(15-19)31-28(34)30-20-11-9-18(10-12-20)27(33)36-5-2/h6-16H,4-5H2,1-3H3,(H2,30,31,34). The van der Waals surface area contributed by atoms with Crippen LogP contribution in [-0.4, -0.2) is 30.3 Å². The van der Waals surface area contributed by atoms with Gasteiger partial charge in [0.1, 0.15) is 11.8 Å². The van der Waals surface area contributed by atoms with E-state index in [1.165, 1.54) is 0 Å². The number of urea groups is 1. The molecule has 1 heterocycles. The van der Waals surface area contributed by atoms with E-state index in [0.29, 0.717) is 41.4 Å². The number of nitriles is 1. The molecule has 0 saturated heterocycles. The lowest BCUT2D eigenvalue weighted by molar-refractivity contribution is 0.0526. The number of nitrogens with one attached hydrogen (secondary N) is 2. The van der Waals surface area contributed by atoms with Gasteiger partial charge in [-0.3, -0.25) is 0 Å². The predicted octanol–water partition coefficient (Wildman–Crippen LogP) is 6.03. The molecule has 8 heteroatoms. The molecule has 8 nitrogen and oxygen atoms in total. The van der Waals surface area contributed by atoms with Gasteiger partial charge in [-0.2, -0.15) is 5.26 Å². The van der Waals surface area contributed by atoms with Crippen LogP contribution in [0.4, 0.5) is 16.2 Å². The van der Waals surface area contributed by atoms with E-state index < -0.39 is 12.0 Å². The molecule has 2 amide bonds. The molecule has 4 rings (SSSR count). The number of hydrogen-bond donors (Lipinski definition) is 2. The fraction of sp³-hybridized carbons (Fsp3) is 0.179. The Balaban J connectivity index is 1.58. The van der Waals surface area contributed by atoms with Crippen molar-refractivity contribution in [3.8, 4) is 23.1 Å². The van der Waals surface area contributed by atoms with Crippen molar-refractivity contribution in [1.82, 2.24) is 4.57 Å². The van der Waals surface area contributed by atoms with E-state index in [4.69, 9.17) is 9.47 Å². The van der Waals surface area contributed by atoms with Crippen LogP contribution in [0.25, 0.3) is 22.2 Å². The van der Waals surface area contributed by atoms with Crippen molar-refractivity contribution in [3.63, 3.8) is 0 Å². The van der Waals surface area contributed by atoms with Gasteiger partial charge >= 0.3 is 12.0 Å². The second-order valence-electron chi connectivity index (χ2n) is 7.92. The Morgan fingerprint density at radius 2 is 1.72 bits per heavy atom. The average molecular weight is 483 g/mol. The lowest BCUT2D eigenvalue weighted by Gasteiger charge is -2.12. The van der Waals surface area contributed by atoms with Gasteiger partial charge in [0.15, 0.2) is 0 Å². The monoisotopic (exact) mass is 482 g/mol. The molecule has 0 bridgehead atoms. The lowest BCUT2D eigenvalue weighted by Crippen LogP contribution is -2.19. The number of fused-ring (bicyclic) bond motifs is 1. The Labute approximate surface area is 209 Å². The quantitative estimate of drug-likeness (QED) is 0.313. The SMILES string of the molecule is CCOC(=O)c1ccc(NC(=O)Nc2cccc(-c3c(C#N)c4ccc(OC)cc4n3CC)c2)cc1. The second kappa shape index (κ2) is 10.7. The summed E-state index contributed by atoms with van der Waals surface area (Å²) in [6.45, 7) is 4.71. The molecule has 182 valence electrons. The minimum absolute atomic E-state index is 0.295. The van der Waals surface area contributed by atoms with Gasteiger partial charge in [-0.05, 0) is 62.4 Å². The van der Waals surface area contributed by atoms with Crippen molar-refractivity contribution >= 4 is 34.3 Å². The summed E-state index contributed by atoms with van der Waals surface area (Å²) in [6.07, 6.45) is 0. The minimum atomic E-state index is -0.433. The molecular weight excluding hydrogens is 456 g/mol. The van der Waals surface area contributed by atoms with Crippen LogP contribution in [-0.2, 0) is 11.3 Å². The number of ether oxygens (including phenoxy) is 2. The second-order valence-corrected chi connectivity index (χ2v) is 7.92. The molecule has 0 unspecified atom stereocenters. The number of methoxy groups -OCH3 is 1. The van der Waals surface area contributed by atoms with E-state index in [2.05, 4.69) is 21.3 Å². The largest absolute Gasteiger partial charge is 0.497 e. The van der Waals surface area contributed by atoms with Crippen molar-refractivity contribution in [1.29, 1.82) is 5.26 Å². The maximum Gasteiger partial charge on any atom is 0.338 e. The minimum Gasteiger partial charge on any atom is -0.497 e. The first kappa shape index (κ1) is 24.4. The predicted molar refractivity (Wildman–Crippen MR) is 139 cm³/mol. The summed E-state index contributed by atoms with van der Waals surface area (Å²) in [5.41, 5.74) is 4.57. The number of anilines is 2. The van der Waals surface area contributed by atoms with Gasteiger partial charge in [-0.25, -0.2) is 9.59 Å². The van der Waals surface area contributed by atoms with Gasteiger partial charge in [-0.1, -0.05) is 12.1 Å². The third-order valence-corrected chi connectivity index (χ3v) is 5.75. The van der Waals surface area contributed by atoms with Crippen LogP contribution in [0.1, 0.15) is 29.8 Å². The number of carbonyl (C=O) groups is 2. The highest BCUT2D eigenvalue weighted by Crippen LogP contribution is 2.36. The summed E-state index contributed by atoms with van der Waals surface area (Å²) in [7, 11) is 1.61. The maximum atomic E-state index is 12.6. The zero-order valence-corrected chi connectivity index (χ0v) is 20.3. The highest BCUT2D eigenvalue weighted by Gasteiger charge is 2.19. The summed E-state index contributed by atoms with van der Waals surface area (Å²) in [5, 5.41) is 16.4. The van der Waals surface area contributed by atoms with E-state index >= 15 is 0 Å². The van der Waals surface area contributed by atoms with Crippen LogP contribution in [0.3, 0.4) is 0 Å². The lowest BCUT2D eigenvalue weighted by atomic mass is 10.1. The van der Waals surface area contributed by atoms with E-state index in [-0.39, 0.29) is 0 Å². The van der Waals surface area contributed by atoms with Gasteiger partial charge in [0.05, 0.1) is 36.1 Å². The Morgan fingerprint density at radius 3 is 2.39 bits per heavy atom. The highest BCUT2D eigenvalue weighted by molar-refractivity contribution is 6.01. The average Bonchev–Trinajstić information content (AvgIpc) is 3.22. The first-order valence-corrected chi connectivity index (χ1v) is 11.5. The topological polar surface area (TPSA) is 105 Å². The van der Waals surface area contributed by atoms with E-state index in [9.17, 15) is 14.9 Å². The number of benzene rings is 3. The third kappa shape index (κ3) is 4.86. The summed E-state index contributed by atoms with van der Waals surface area (Å²) in [6, 6.07) is 21.4. The number of rotatable bonds is 7. The normalized spacial score (nSPS) is 10.5. The molecule has 0 aliphatic heterocycles. The number of hydrogen-bond acceptors (Lipinski definition) is 5. The fourth-order valence-electron chi connectivity index (χ4n) is 4.14. The highest BCUT2D eigenvalue weighted by atomic mass is 16.5. The zero-order chi connectivity index (χ0) is 25.7. The van der Waals surface area contributed by atoms with Gasteiger partial charge < -0.3 is 24.7 Å². The number of aromatic nitrogens is 1. The molecular formula is C28H26N4O4. The van der Waals surface area contributed by atoms with Crippen LogP contribution in [0.5, 0.6) is 5.75 Å². The molecule has 36 heavy (non-hydrogen) atoms. The Bertz CT molecular complexity index is 1470. The number of aryl methyl sites for hydroxylation is 1. The van der Waals surface area contributed by atoms with Crippen molar-refractivity contribution < 1.29 is 19.1 Å². The molecule has 0 saturated carbocycles. The Hall–Kier alpha value is -4.77. The fourth-order valence-corrected chi connectivity index (χ4v) is 4.14. The molecule has 2 N–H and O–H groups in total. The zero-order valence-electron chi connectivity index (χ0n) is 20.3. The molecule has 0 fully saturated rings. The summed E-state index contributed by atoms with van der Waals surface area (Å²) < 4.78 is 12.4. The van der Waals surface area contributed by atoms with Crippen LogP contribution in [0.2, 0.25) is 0 Å². The third-order valence-electron chi connectivity index (χ3n) is 5.75. The summed E-state index contributed by atoms with van der Waals surface area (Å²) in [5.74, 6) is 0.304. The Morgan fingerprint density at radius 1 is 0.972 bits per heavy atom. The molecule has 0 aliphatic carbocycles. The van der Waals surface area contributed by atoms with Crippen molar-refractivity contribution in [2.24, 2.45) is 0 Å². The number of amides is 2. The Kier molecular flexibility index (Phi) is 7.21. The van der Waals surface area contributed by atoms with Crippen molar-refractivity contribution in [2.45, 2.75) is 20.4 Å². The first-order chi connectivity index (χ1) is 17.5. The van der Waals surface area contributed by atoms with Gasteiger partial charge in [0.25, 0.3) is 0 Å². The van der Waals surface area contributed by atoms with Gasteiger partial charge in [0, 0.05) is 34.9 Å². The first-order valence-electron chi connectivity index (χ1n) is 11.5. The molecule has 1 aromatic heterocycles.